The van der Waals surface area contributed by atoms with Crippen molar-refractivity contribution in [3.63, 3.8) is 0 Å². The topological polar surface area (TPSA) is 58.7 Å². The Morgan fingerprint density at radius 1 is 1.33 bits per heavy atom. The molecule has 0 aromatic heterocycles. The summed E-state index contributed by atoms with van der Waals surface area (Å²) in [5, 5.41) is 9.11. The molecule has 0 bridgehead atoms. The Bertz CT molecular complexity index is 365. The van der Waals surface area contributed by atoms with Crippen LogP contribution >= 0.6 is 0 Å². The third kappa shape index (κ3) is 3.70. The summed E-state index contributed by atoms with van der Waals surface area (Å²) in [6, 6.07) is 5.53. The van der Waals surface area contributed by atoms with Gasteiger partial charge in [0.15, 0.2) is 0 Å². The number of aliphatic hydroxyl groups excluding tert-OH is 1. The van der Waals surface area contributed by atoms with Crippen LogP contribution < -0.4 is 10.5 Å². The first-order valence-electron chi connectivity index (χ1n) is 6.41. The summed E-state index contributed by atoms with van der Waals surface area (Å²) >= 11 is 0. The van der Waals surface area contributed by atoms with Crippen molar-refractivity contribution >= 4 is 0 Å². The van der Waals surface area contributed by atoms with Crippen LogP contribution in [0, 0.1) is 0 Å². The normalized spacial score (nSPS) is 12.8. The smallest absolute Gasteiger partial charge is 0.123 e. The maximum atomic E-state index is 9.11. The van der Waals surface area contributed by atoms with Crippen LogP contribution in [-0.2, 0) is 6.54 Å². The van der Waals surface area contributed by atoms with Gasteiger partial charge in [-0.25, -0.2) is 0 Å². The van der Waals surface area contributed by atoms with E-state index in [1.807, 2.05) is 18.2 Å². The number of aliphatic hydroxyl groups is 1. The Labute approximate surface area is 109 Å². The Morgan fingerprint density at radius 3 is 2.50 bits per heavy atom. The summed E-state index contributed by atoms with van der Waals surface area (Å²) in [6.07, 6.45) is 0. The molecule has 102 valence electrons. The van der Waals surface area contributed by atoms with Gasteiger partial charge < -0.3 is 15.6 Å². The van der Waals surface area contributed by atoms with E-state index in [1.54, 1.807) is 7.11 Å². The van der Waals surface area contributed by atoms with E-state index in [4.69, 9.17) is 15.6 Å². The lowest BCUT2D eigenvalue weighted by atomic mass is 10.0. The Kier molecular flexibility index (Phi) is 6.12. The molecular weight excluding hydrogens is 228 g/mol. The van der Waals surface area contributed by atoms with Gasteiger partial charge in [0.2, 0.25) is 0 Å². The van der Waals surface area contributed by atoms with E-state index >= 15 is 0 Å². The number of methoxy groups -OCH3 is 1. The zero-order chi connectivity index (χ0) is 13.5. The molecule has 18 heavy (non-hydrogen) atoms. The Morgan fingerprint density at radius 2 is 2.00 bits per heavy atom. The maximum Gasteiger partial charge on any atom is 0.123 e. The lowest BCUT2D eigenvalue weighted by molar-refractivity contribution is 0.267. The second-order valence-electron chi connectivity index (χ2n) is 4.32. The molecule has 0 saturated carbocycles. The minimum atomic E-state index is -0.327. The molecule has 1 aromatic carbocycles. The molecule has 0 radical (unpaired) electrons. The fourth-order valence-electron chi connectivity index (χ4n) is 1.95. The second-order valence-corrected chi connectivity index (χ2v) is 4.32. The van der Waals surface area contributed by atoms with Crippen molar-refractivity contribution in [2.24, 2.45) is 5.73 Å². The van der Waals surface area contributed by atoms with Gasteiger partial charge >= 0.3 is 0 Å². The number of nitrogens with zero attached hydrogens (tertiary/aromatic N) is 1. The second kappa shape index (κ2) is 7.36. The third-order valence-corrected chi connectivity index (χ3v) is 3.22. The van der Waals surface area contributed by atoms with Crippen molar-refractivity contribution in [2.45, 2.75) is 26.4 Å². The largest absolute Gasteiger partial charge is 0.496 e. The number of hydrogen-bond donors (Lipinski definition) is 2. The zero-order valence-electron chi connectivity index (χ0n) is 11.5. The van der Waals surface area contributed by atoms with Crippen molar-refractivity contribution < 1.29 is 9.84 Å². The van der Waals surface area contributed by atoms with Crippen LogP contribution in [0.5, 0.6) is 5.75 Å². The molecule has 0 fully saturated rings. The quantitative estimate of drug-likeness (QED) is 0.772. The highest BCUT2D eigenvalue weighted by Crippen LogP contribution is 2.24. The van der Waals surface area contributed by atoms with Crippen LogP contribution in [0.2, 0.25) is 0 Å². The fourth-order valence-corrected chi connectivity index (χ4v) is 1.95. The van der Waals surface area contributed by atoms with Gasteiger partial charge in [0.1, 0.15) is 5.75 Å². The molecule has 0 unspecified atom stereocenters. The molecule has 1 aromatic rings. The van der Waals surface area contributed by atoms with Gasteiger partial charge in [-0.15, -0.1) is 0 Å². The van der Waals surface area contributed by atoms with Gasteiger partial charge in [0.05, 0.1) is 19.8 Å². The van der Waals surface area contributed by atoms with Crippen LogP contribution in [0.25, 0.3) is 0 Å². The summed E-state index contributed by atoms with van der Waals surface area (Å²) in [4.78, 5) is 2.31. The number of hydrogen-bond acceptors (Lipinski definition) is 4. The SMILES string of the molecule is CCN(CC)Cc1cc([C@@H](N)CO)ccc1OC. The number of ether oxygens (including phenoxy) is 1. The summed E-state index contributed by atoms with van der Waals surface area (Å²) in [5.41, 5.74) is 7.90. The minimum Gasteiger partial charge on any atom is -0.496 e. The summed E-state index contributed by atoms with van der Waals surface area (Å²) in [7, 11) is 1.67. The standard InChI is InChI=1S/C14H24N2O2/c1-4-16(5-2)9-12-8-11(13(15)10-17)6-7-14(12)18-3/h6-8,13,17H,4-5,9-10,15H2,1-3H3/t13-/m0/s1. The monoisotopic (exact) mass is 252 g/mol. The number of nitrogens with two attached hydrogens (primary N) is 1. The van der Waals surface area contributed by atoms with Crippen molar-refractivity contribution in [3.8, 4) is 5.75 Å². The van der Waals surface area contributed by atoms with E-state index in [1.165, 1.54) is 0 Å². The summed E-state index contributed by atoms with van der Waals surface area (Å²) in [6.45, 7) is 7.06. The average Bonchev–Trinajstić information content (AvgIpc) is 2.43. The van der Waals surface area contributed by atoms with E-state index in [2.05, 4.69) is 18.7 Å². The van der Waals surface area contributed by atoms with Gasteiger partial charge in [-0.05, 0) is 30.8 Å². The van der Waals surface area contributed by atoms with Crippen LogP contribution in [0.4, 0.5) is 0 Å². The van der Waals surface area contributed by atoms with Crippen LogP contribution in [0.1, 0.15) is 31.0 Å². The molecule has 0 spiro atoms. The third-order valence-electron chi connectivity index (χ3n) is 3.22. The van der Waals surface area contributed by atoms with Gasteiger partial charge in [0.25, 0.3) is 0 Å². The maximum absolute atomic E-state index is 9.11. The van der Waals surface area contributed by atoms with Crippen LogP contribution in [0.15, 0.2) is 18.2 Å². The highest BCUT2D eigenvalue weighted by Gasteiger charge is 2.11. The minimum absolute atomic E-state index is 0.0446. The van der Waals surface area contributed by atoms with E-state index < -0.39 is 0 Å². The van der Waals surface area contributed by atoms with E-state index in [-0.39, 0.29) is 12.6 Å². The van der Waals surface area contributed by atoms with Crippen molar-refractivity contribution in [1.29, 1.82) is 0 Å². The summed E-state index contributed by atoms with van der Waals surface area (Å²) < 4.78 is 5.37. The first-order valence-corrected chi connectivity index (χ1v) is 6.41. The first kappa shape index (κ1) is 15.0. The van der Waals surface area contributed by atoms with Crippen molar-refractivity contribution in [3.05, 3.63) is 29.3 Å². The van der Waals surface area contributed by atoms with E-state index in [9.17, 15) is 0 Å². The molecule has 3 N–H and O–H groups in total. The molecule has 0 aliphatic heterocycles. The Hall–Kier alpha value is -1.10. The highest BCUT2D eigenvalue weighted by molar-refractivity contribution is 5.38. The molecule has 4 nitrogen and oxygen atoms in total. The molecule has 0 aliphatic rings. The molecule has 1 rings (SSSR count). The van der Waals surface area contributed by atoms with Crippen molar-refractivity contribution in [1.82, 2.24) is 4.90 Å². The average molecular weight is 252 g/mol. The van der Waals surface area contributed by atoms with Gasteiger partial charge in [-0.2, -0.15) is 0 Å². The van der Waals surface area contributed by atoms with Crippen LogP contribution in [0.3, 0.4) is 0 Å². The zero-order valence-corrected chi connectivity index (χ0v) is 11.5. The van der Waals surface area contributed by atoms with E-state index in [0.717, 1.165) is 36.5 Å². The highest BCUT2D eigenvalue weighted by atomic mass is 16.5. The first-order chi connectivity index (χ1) is 8.65. The molecule has 4 heteroatoms. The predicted octanol–water partition coefficient (Wildman–Crippen LogP) is 1.53. The lowest BCUT2D eigenvalue weighted by Gasteiger charge is -2.21. The molecule has 0 saturated heterocycles. The predicted molar refractivity (Wildman–Crippen MR) is 73.6 cm³/mol. The molecular formula is C14H24N2O2. The molecule has 1 atom stereocenters. The molecule has 0 heterocycles. The molecule has 0 aliphatic carbocycles. The van der Waals surface area contributed by atoms with E-state index in [0.29, 0.717) is 0 Å². The summed E-state index contributed by atoms with van der Waals surface area (Å²) in [5.74, 6) is 0.871. The number of benzene rings is 1. The lowest BCUT2D eigenvalue weighted by Crippen LogP contribution is -2.23. The fraction of sp³-hybridized carbons (Fsp3) is 0.571. The van der Waals surface area contributed by atoms with Gasteiger partial charge in [-0.1, -0.05) is 19.9 Å². The van der Waals surface area contributed by atoms with Gasteiger partial charge in [0, 0.05) is 12.1 Å². The number of rotatable bonds is 7. The molecule has 0 amide bonds. The Balaban J connectivity index is 2.98. The van der Waals surface area contributed by atoms with Crippen molar-refractivity contribution in [2.75, 3.05) is 26.8 Å². The van der Waals surface area contributed by atoms with Crippen LogP contribution in [-0.4, -0.2) is 36.8 Å². The van der Waals surface area contributed by atoms with Gasteiger partial charge in [-0.3, -0.25) is 4.90 Å².